The van der Waals surface area contributed by atoms with Crippen molar-refractivity contribution in [2.75, 3.05) is 0 Å². The van der Waals surface area contributed by atoms with E-state index in [1.807, 2.05) is 30.3 Å². The molecule has 0 radical (unpaired) electrons. The second-order valence-corrected chi connectivity index (χ2v) is 8.92. The number of carbonyl (C=O) groups excluding carboxylic acids is 1. The monoisotopic (exact) mass is 403 g/mol. The zero-order valence-corrected chi connectivity index (χ0v) is 16.0. The number of aliphatic carboxylic acids is 1. The van der Waals surface area contributed by atoms with Crippen LogP contribution in [0.1, 0.15) is 34.5 Å². The predicted molar refractivity (Wildman–Crippen MR) is 103 cm³/mol. The zero-order chi connectivity index (χ0) is 19.6. The average Bonchev–Trinajstić information content (AvgIpc) is 3.06. The number of Topliss-reactive ketones (excluding diaryl/α,β-unsaturated/α-hetero) is 1. The summed E-state index contributed by atoms with van der Waals surface area (Å²) in [5.74, 6) is -1.33. The summed E-state index contributed by atoms with van der Waals surface area (Å²) in [6, 6.07) is 14.9. The first-order valence-electron chi connectivity index (χ1n) is 8.10. The molecule has 0 saturated carbocycles. The van der Waals surface area contributed by atoms with Gasteiger partial charge in [-0.1, -0.05) is 42.5 Å². The van der Waals surface area contributed by atoms with E-state index in [0.717, 1.165) is 17.3 Å². The Bertz CT molecular complexity index is 1010. The van der Waals surface area contributed by atoms with Gasteiger partial charge in [0.15, 0.2) is 5.78 Å². The molecule has 0 aliphatic carbocycles. The first-order valence-corrected chi connectivity index (χ1v) is 10.5. The van der Waals surface area contributed by atoms with Gasteiger partial charge >= 0.3 is 5.97 Å². The first-order chi connectivity index (χ1) is 12.8. The van der Waals surface area contributed by atoms with Crippen molar-refractivity contribution >= 4 is 33.5 Å². The summed E-state index contributed by atoms with van der Waals surface area (Å²) in [5.41, 5.74) is 1.50. The molecule has 27 heavy (non-hydrogen) atoms. The van der Waals surface area contributed by atoms with Crippen LogP contribution < -0.4 is 4.72 Å². The number of hydrogen-bond acceptors (Lipinski definition) is 5. The van der Waals surface area contributed by atoms with E-state index in [9.17, 15) is 23.1 Å². The molecule has 0 spiro atoms. The lowest BCUT2D eigenvalue weighted by molar-refractivity contribution is -0.131. The summed E-state index contributed by atoms with van der Waals surface area (Å²) in [7, 11) is -3.95. The molecule has 8 heteroatoms. The number of carboxylic acid groups (broad SMARTS) is 1. The smallest absolute Gasteiger partial charge is 0.344 e. The van der Waals surface area contributed by atoms with Crippen LogP contribution in [0.3, 0.4) is 0 Å². The van der Waals surface area contributed by atoms with E-state index in [2.05, 4.69) is 4.72 Å². The fraction of sp³-hybridized carbons (Fsp3) is 0.158. The summed E-state index contributed by atoms with van der Waals surface area (Å²) in [4.78, 5) is 22.9. The lowest BCUT2D eigenvalue weighted by Crippen LogP contribution is -2.24. The first kappa shape index (κ1) is 19.2. The van der Waals surface area contributed by atoms with Crippen molar-refractivity contribution < 1.29 is 23.1 Å². The van der Waals surface area contributed by atoms with Crippen LogP contribution in [0.25, 0.3) is 0 Å². The van der Waals surface area contributed by atoms with Crippen LogP contribution >= 0.6 is 11.8 Å². The molecule has 140 valence electrons. The SMILES string of the molecule is CC(=O)c1ccc(S(=O)(=O)NC2=C(C(=O)O)SC(c3ccccc3)C2)cc1. The molecule has 1 unspecified atom stereocenters. The second kappa shape index (κ2) is 7.58. The standard InChI is InChI=1S/C19H17NO5S2/c1-12(21)13-7-9-15(10-8-13)27(24,25)20-16-11-17(26-18(16)19(22)23)14-5-3-2-4-6-14/h2-10,17,20H,11H2,1H3,(H,22,23). The van der Waals surface area contributed by atoms with Gasteiger partial charge in [0.05, 0.1) is 4.90 Å². The Kier molecular flexibility index (Phi) is 5.38. The van der Waals surface area contributed by atoms with Gasteiger partial charge in [-0.2, -0.15) is 0 Å². The van der Waals surface area contributed by atoms with Crippen LogP contribution in [0, 0.1) is 0 Å². The van der Waals surface area contributed by atoms with Crippen LogP contribution in [0.4, 0.5) is 0 Å². The van der Waals surface area contributed by atoms with Gasteiger partial charge in [-0.3, -0.25) is 9.52 Å². The van der Waals surface area contributed by atoms with E-state index < -0.39 is 16.0 Å². The highest BCUT2D eigenvalue weighted by atomic mass is 32.2. The third kappa shape index (κ3) is 4.23. The van der Waals surface area contributed by atoms with Gasteiger partial charge in [-0.15, -0.1) is 11.8 Å². The molecular formula is C19H17NO5S2. The predicted octanol–water partition coefficient (Wildman–Crippen LogP) is 3.34. The van der Waals surface area contributed by atoms with Crippen LogP contribution in [-0.4, -0.2) is 25.3 Å². The van der Waals surface area contributed by atoms with Crippen LogP contribution in [0.5, 0.6) is 0 Å². The molecule has 2 aromatic rings. The molecule has 1 atom stereocenters. The highest BCUT2D eigenvalue weighted by Gasteiger charge is 2.32. The van der Waals surface area contributed by atoms with Crippen LogP contribution in [0.15, 0.2) is 70.1 Å². The minimum Gasteiger partial charge on any atom is -0.477 e. The van der Waals surface area contributed by atoms with Gasteiger partial charge in [0.2, 0.25) is 0 Å². The number of carboxylic acids is 1. The number of hydrogen-bond donors (Lipinski definition) is 2. The van der Waals surface area contributed by atoms with E-state index in [4.69, 9.17) is 0 Å². The van der Waals surface area contributed by atoms with Crippen molar-refractivity contribution in [1.82, 2.24) is 4.72 Å². The topological polar surface area (TPSA) is 101 Å². The van der Waals surface area contributed by atoms with E-state index in [1.54, 1.807) is 0 Å². The number of carbonyl (C=O) groups is 2. The molecule has 2 N–H and O–H groups in total. The maximum Gasteiger partial charge on any atom is 0.344 e. The highest BCUT2D eigenvalue weighted by molar-refractivity contribution is 8.04. The van der Waals surface area contributed by atoms with Gasteiger partial charge < -0.3 is 5.11 Å². The number of ketones is 1. The average molecular weight is 403 g/mol. The Hall–Kier alpha value is -2.58. The number of thioether (sulfide) groups is 1. The van der Waals surface area contributed by atoms with Crippen molar-refractivity contribution in [2.45, 2.75) is 23.5 Å². The number of rotatable bonds is 6. The van der Waals surface area contributed by atoms with E-state index in [1.165, 1.54) is 31.2 Å². The number of allylic oxidation sites excluding steroid dienone is 1. The molecule has 1 aliphatic heterocycles. The van der Waals surface area contributed by atoms with Crippen molar-refractivity contribution in [1.29, 1.82) is 0 Å². The summed E-state index contributed by atoms with van der Waals surface area (Å²) in [6.07, 6.45) is 0.265. The second-order valence-electron chi connectivity index (χ2n) is 6.02. The highest BCUT2D eigenvalue weighted by Crippen LogP contribution is 2.47. The molecule has 1 heterocycles. The zero-order valence-electron chi connectivity index (χ0n) is 14.4. The van der Waals surface area contributed by atoms with Crippen molar-refractivity contribution in [3.05, 3.63) is 76.3 Å². The lowest BCUT2D eigenvalue weighted by Gasteiger charge is -2.11. The van der Waals surface area contributed by atoms with Crippen molar-refractivity contribution in [3.63, 3.8) is 0 Å². The maximum atomic E-state index is 12.6. The summed E-state index contributed by atoms with van der Waals surface area (Å²) in [6.45, 7) is 1.39. The van der Waals surface area contributed by atoms with E-state index in [0.29, 0.717) is 5.56 Å². The van der Waals surface area contributed by atoms with Gasteiger partial charge in [-0.25, -0.2) is 13.2 Å². The molecule has 1 aliphatic rings. The lowest BCUT2D eigenvalue weighted by atomic mass is 10.1. The molecule has 0 bridgehead atoms. The molecule has 0 amide bonds. The Morgan fingerprint density at radius 1 is 1.07 bits per heavy atom. The summed E-state index contributed by atoms with van der Waals surface area (Å²) >= 11 is 1.13. The quantitative estimate of drug-likeness (QED) is 0.718. The number of sulfonamides is 1. The van der Waals surface area contributed by atoms with Gasteiger partial charge in [0, 0.05) is 22.9 Å². The Balaban J connectivity index is 1.86. The fourth-order valence-corrected chi connectivity index (χ4v) is 5.14. The maximum absolute atomic E-state index is 12.6. The molecule has 3 rings (SSSR count). The molecular weight excluding hydrogens is 386 g/mol. The summed E-state index contributed by atoms with van der Waals surface area (Å²) in [5, 5.41) is 9.29. The molecule has 6 nitrogen and oxygen atoms in total. The molecule has 0 aromatic heterocycles. The van der Waals surface area contributed by atoms with Gasteiger partial charge in [-0.05, 0) is 24.6 Å². The molecule has 0 saturated heterocycles. The largest absolute Gasteiger partial charge is 0.477 e. The molecule has 0 fully saturated rings. The van der Waals surface area contributed by atoms with E-state index >= 15 is 0 Å². The Morgan fingerprint density at radius 2 is 1.70 bits per heavy atom. The van der Waals surface area contributed by atoms with Crippen LogP contribution in [-0.2, 0) is 14.8 Å². The minimum atomic E-state index is -3.95. The fourth-order valence-electron chi connectivity index (χ4n) is 2.74. The third-order valence-corrected chi connectivity index (χ3v) is 6.91. The van der Waals surface area contributed by atoms with Crippen molar-refractivity contribution in [2.24, 2.45) is 0 Å². The van der Waals surface area contributed by atoms with Gasteiger partial charge in [0.25, 0.3) is 10.0 Å². The molecule has 2 aromatic carbocycles. The van der Waals surface area contributed by atoms with Crippen LogP contribution in [0.2, 0.25) is 0 Å². The Morgan fingerprint density at radius 3 is 2.26 bits per heavy atom. The summed E-state index contributed by atoms with van der Waals surface area (Å²) < 4.78 is 27.7. The Labute approximate surface area is 161 Å². The number of nitrogens with one attached hydrogen (secondary N) is 1. The normalized spacial score (nSPS) is 17.0. The number of benzene rings is 2. The third-order valence-electron chi connectivity index (χ3n) is 4.12. The minimum absolute atomic E-state index is 0.00668. The van der Waals surface area contributed by atoms with Gasteiger partial charge in [0.1, 0.15) is 4.91 Å². The van der Waals surface area contributed by atoms with E-state index in [-0.39, 0.29) is 33.0 Å². The van der Waals surface area contributed by atoms with Crippen molar-refractivity contribution in [3.8, 4) is 0 Å².